The van der Waals surface area contributed by atoms with Crippen molar-refractivity contribution < 1.29 is 4.74 Å². The van der Waals surface area contributed by atoms with Crippen LogP contribution in [0, 0.1) is 0 Å². The van der Waals surface area contributed by atoms with Crippen molar-refractivity contribution >= 4 is 28.2 Å². The van der Waals surface area contributed by atoms with E-state index in [4.69, 9.17) is 4.74 Å². The number of hydrogen-bond acceptors (Lipinski definition) is 6. The number of anilines is 1. The van der Waals surface area contributed by atoms with E-state index in [0.29, 0.717) is 19.0 Å². The zero-order valence-electron chi connectivity index (χ0n) is 12.0. The first kappa shape index (κ1) is 14.0. The first-order chi connectivity index (χ1) is 10.3. The van der Waals surface area contributed by atoms with E-state index >= 15 is 0 Å². The number of nitrogens with zero attached hydrogens (tertiary/aromatic N) is 4. The van der Waals surface area contributed by atoms with Crippen LogP contribution in [-0.2, 0) is 24.8 Å². The van der Waals surface area contributed by atoms with Crippen molar-refractivity contribution in [1.29, 1.82) is 0 Å². The molecule has 0 aliphatic carbocycles. The molecule has 0 saturated carbocycles. The molecule has 0 aliphatic heterocycles. The quantitative estimate of drug-likeness (QED) is 0.707. The topological polar surface area (TPSA) is 64.9 Å². The molecule has 0 aromatic carbocycles. The van der Waals surface area contributed by atoms with Crippen LogP contribution in [0.25, 0.3) is 11.0 Å². The predicted octanol–water partition coefficient (Wildman–Crippen LogP) is 2.23. The third-order valence-electron chi connectivity index (χ3n) is 3.18. The molecule has 0 aliphatic rings. The maximum Gasteiger partial charge on any atom is 0.163 e. The largest absolute Gasteiger partial charge is 0.373 e. The van der Waals surface area contributed by atoms with Crippen molar-refractivity contribution in [3.05, 3.63) is 34.4 Å². The molecule has 0 amide bonds. The van der Waals surface area contributed by atoms with Crippen molar-refractivity contribution in [2.45, 2.75) is 13.0 Å². The smallest absolute Gasteiger partial charge is 0.163 e. The van der Waals surface area contributed by atoms with Crippen LogP contribution in [0.2, 0.25) is 0 Å². The lowest BCUT2D eigenvalue weighted by Crippen LogP contribution is -2.06. The monoisotopic (exact) mass is 303 g/mol. The molecule has 0 radical (unpaired) electrons. The highest BCUT2D eigenvalue weighted by molar-refractivity contribution is 7.09. The molecular formula is C14H17N5OS. The Hall–Kier alpha value is -1.99. The average Bonchev–Trinajstić information content (AvgIpc) is 3.13. The first-order valence-corrected chi connectivity index (χ1v) is 7.62. The number of ether oxygens (including phenoxy) is 1. The van der Waals surface area contributed by atoms with Crippen molar-refractivity contribution in [2.24, 2.45) is 7.05 Å². The molecule has 0 saturated heterocycles. The van der Waals surface area contributed by atoms with Crippen molar-refractivity contribution in [3.63, 3.8) is 0 Å². The van der Waals surface area contributed by atoms with Gasteiger partial charge in [-0.05, 0) is 11.4 Å². The van der Waals surface area contributed by atoms with Crippen molar-refractivity contribution in [1.82, 2.24) is 19.7 Å². The van der Waals surface area contributed by atoms with Crippen molar-refractivity contribution in [3.8, 4) is 0 Å². The fourth-order valence-corrected chi connectivity index (χ4v) is 2.80. The molecule has 21 heavy (non-hydrogen) atoms. The van der Waals surface area contributed by atoms with Crippen LogP contribution in [-0.4, -0.2) is 33.4 Å². The number of nitrogens with one attached hydrogen (secondary N) is 1. The zero-order chi connectivity index (χ0) is 14.7. The summed E-state index contributed by atoms with van der Waals surface area (Å²) in [6.07, 6.45) is 2.69. The van der Waals surface area contributed by atoms with E-state index in [2.05, 4.69) is 37.9 Å². The molecule has 0 atom stereocenters. The minimum absolute atomic E-state index is 0.404. The van der Waals surface area contributed by atoms with E-state index in [1.165, 1.54) is 4.88 Å². The molecule has 0 bridgehead atoms. The van der Waals surface area contributed by atoms with Crippen LogP contribution in [0.1, 0.15) is 10.7 Å². The SMILES string of the molecule is CNc1nc(COCCc2cccs2)nc2c1cnn2C. The lowest BCUT2D eigenvalue weighted by molar-refractivity contribution is 0.119. The van der Waals surface area contributed by atoms with E-state index in [9.17, 15) is 0 Å². The summed E-state index contributed by atoms with van der Waals surface area (Å²) in [7, 11) is 3.71. The molecule has 3 aromatic heterocycles. The Morgan fingerprint density at radius 3 is 3.05 bits per heavy atom. The Bertz CT molecular complexity index is 722. The maximum absolute atomic E-state index is 5.68. The Kier molecular flexibility index (Phi) is 4.12. The van der Waals surface area contributed by atoms with E-state index in [1.54, 1.807) is 22.2 Å². The van der Waals surface area contributed by atoms with E-state index in [1.807, 2.05) is 14.1 Å². The maximum atomic E-state index is 5.68. The molecule has 0 spiro atoms. The summed E-state index contributed by atoms with van der Waals surface area (Å²) in [5, 5.41) is 10.3. The highest BCUT2D eigenvalue weighted by Gasteiger charge is 2.10. The van der Waals surface area contributed by atoms with Gasteiger partial charge in [0.1, 0.15) is 12.4 Å². The van der Waals surface area contributed by atoms with Crippen LogP contribution in [0.5, 0.6) is 0 Å². The summed E-state index contributed by atoms with van der Waals surface area (Å²) in [6.45, 7) is 1.07. The van der Waals surface area contributed by atoms with Crippen LogP contribution in [0.4, 0.5) is 5.82 Å². The molecule has 3 rings (SSSR count). The number of fused-ring (bicyclic) bond motifs is 1. The number of aryl methyl sites for hydroxylation is 1. The third kappa shape index (κ3) is 3.03. The Labute approximate surface area is 126 Å². The van der Waals surface area contributed by atoms with Gasteiger partial charge in [0.2, 0.25) is 0 Å². The van der Waals surface area contributed by atoms with Gasteiger partial charge >= 0.3 is 0 Å². The molecule has 0 unspecified atom stereocenters. The standard InChI is InChI=1S/C14H17N5OS/c1-15-13-11-8-16-19(2)14(11)18-12(17-13)9-20-6-5-10-4-3-7-21-10/h3-4,7-8H,5-6,9H2,1-2H3,(H,15,17,18). The van der Waals surface area contributed by atoms with E-state index in [-0.39, 0.29) is 0 Å². The zero-order valence-corrected chi connectivity index (χ0v) is 12.9. The van der Waals surface area contributed by atoms with Gasteiger partial charge in [0, 0.05) is 25.4 Å². The van der Waals surface area contributed by atoms with Crippen LogP contribution in [0.3, 0.4) is 0 Å². The van der Waals surface area contributed by atoms with Gasteiger partial charge in [-0.3, -0.25) is 4.68 Å². The fraction of sp³-hybridized carbons (Fsp3) is 0.357. The summed E-state index contributed by atoms with van der Waals surface area (Å²) in [6, 6.07) is 4.17. The number of aromatic nitrogens is 4. The molecule has 3 aromatic rings. The Morgan fingerprint density at radius 1 is 1.38 bits per heavy atom. The van der Waals surface area contributed by atoms with E-state index in [0.717, 1.165) is 23.3 Å². The second kappa shape index (κ2) is 6.19. The average molecular weight is 303 g/mol. The van der Waals surface area contributed by atoms with Gasteiger partial charge in [0.05, 0.1) is 18.2 Å². The Morgan fingerprint density at radius 2 is 2.29 bits per heavy atom. The van der Waals surface area contributed by atoms with Gasteiger partial charge in [-0.25, -0.2) is 9.97 Å². The van der Waals surface area contributed by atoms with Gasteiger partial charge in [-0.1, -0.05) is 6.07 Å². The van der Waals surface area contributed by atoms with Gasteiger partial charge in [0.25, 0.3) is 0 Å². The van der Waals surface area contributed by atoms with Crippen LogP contribution >= 0.6 is 11.3 Å². The molecule has 6 nitrogen and oxygen atoms in total. The molecular weight excluding hydrogens is 286 g/mol. The third-order valence-corrected chi connectivity index (χ3v) is 4.12. The van der Waals surface area contributed by atoms with E-state index < -0.39 is 0 Å². The summed E-state index contributed by atoms with van der Waals surface area (Å²) in [4.78, 5) is 10.3. The Balaban J connectivity index is 1.67. The highest BCUT2D eigenvalue weighted by atomic mass is 32.1. The fourth-order valence-electron chi connectivity index (χ4n) is 2.11. The number of rotatable bonds is 6. The molecule has 3 heterocycles. The van der Waals surface area contributed by atoms with Crippen molar-refractivity contribution in [2.75, 3.05) is 19.0 Å². The van der Waals surface area contributed by atoms with Gasteiger partial charge in [0.15, 0.2) is 11.5 Å². The van der Waals surface area contributed by atoms with Crippen LogP contribution in [0.15, 0.2) is 23.7 Å². The van der Waals surface area contributed by atoms with Crippen LogP contribution < -0.4 is 5.32 Å². The lowest BCUT2D eigenvalue weighted by Gasteiger charge is -2.06. The molecule has 0 fully saturated rings. The summed E-state index contributed by atoms with van der Waals surface area (Å²) < 4.78 is 7.43. The highest BCUT2D eigenvalue weighted by Crippen LogP contribution is 2.19. The first-order valence-electron chi connectivity index (χ1n) is 6.74. The number of hydrogen-bond donors (Lipinski definition) is 1. The van der Waals surface area contributed by atoms with Gasteiger partial charge in [-0.15, -0.1) is 11.3 Å². The minimum Gasteiger partial charge on any atom is -0.373 e. The second-order valence-corrected chi connectivity index (χ2v) is 5.66. The molecule has 7 heteroatoms. The normalized spacial score (nSPS) is 11.1. The molecule has 110 valence electrons. The lowest BCUT2D eigenvalue weighted by atomic mass is 10.3. The molecule has 1 N–H and O–H groups in total. The predicted molar refractivity (Wildman–Crippen MR) is 83.5 cm³/mol. The van der Waals surface area contributed by atoms with Gasteiger partial charge in [-0.2, -0.15) is 5.10 Å². The summed E-state index contributed by atoms with van der Waals surface area (Å²) in [5.41, 5.74) is 0.811. The summed E-state index contributed by atoms with van der Waals surface area (Å²) >= 11 is 1.75. The van der Waals surface area contributed by atoms with Gasteiger partial charge < -0.3 is 10.1 Å². The summed E-state index contributed by atoms with van der Waals surface area (Å²) in [5.74, 6) is 1.45. The second-order valence-electron chi connectivity index (χ2n) is 4.63. The number of thiophene rings is 1. The minimum atomic E-state index is 0.404.